The van der Waals surface area contributed by atoms with E-state index in [-0.39, 0.29) is 23.3 Å². The maximum absolute atomic E-state index is 14.2. The maximum atomic E-state index is 14.2. The van der Waals surface area contributed by atoms with E-state index in [0.717, 1.165) is 40.3 Å². The highest BCUT2D eigenvalue weighted by Gasteiger charge is 2.29. The molecule has 4 nitrogen and oxygen atoms in total. The summed E-state index contributed by atoms with van der Waals surface area (Å²) in [7, 11) is 0. The van der Waals surface area contributed by atoms with Crippen LogP contribution in [-0.4, -0.2) is 21.0 Å². The monoisotopic (exact) mass is 467 g/mol. The highest BCUT2D eigenvalue weighted by Crippen LogP contribution is 2.30. The van der Waals surface area contributed by atoms with Gasteiger partial charge in [-0.2, -0.15) is 0 Å². The topological polar surface area (TPSA) is 38.1 Å². The van der Waals surface area contributed by atoms with Crippen molar-refractivity contribution in [3.8, 4) is 0 Å². The molecule has 0 bridgehead atoms. The maximum Gasteiger partial charge on any atom is 0.259 e. The van der Waals surface area contributed by atoms with E-state index in [4.69, 9.17) is 4.98 Å². The molecule has 1 aliphatic rings. The Bertz CT molecular complexity index is 1330. The average Bonchev–Trinajstić information content (AvgIpc) is 2.87. The predicted octanol–water partition coefficient (Wildman–Crippen LogP) is 5.70. The summed E-state index contributed by atoms with van der Waals surface area (Å²) in [5.41, 5.74) is 4.67. The van der Waals surface area contributed by atoms with Gasteiger partial charge in [-0.3, -0.25) is 14.3 Å². The number of hydrogen-bond donors (Lipinski definition) is 0. The third-order valence-electron chi connectivity index (χ3n) is 6.67. The lowest BCUT2D eigenvalue weighted by molar-refractivity contribution is 0.239. The first kappa shape index (κ1) is 23.2. The molecule has 0 N–H and O–H groups in total. The van der Waals surface area contributed by atoms with Crippen LogP contribution in [0.4, 0.5) is 4.39 Å². The normalized spacial score (nSPS) is 13.9. The number of halogens is 1. The Hall–Kier alpha value is -3.57. The lowest BCUT2D eigenvalue weighted by Crippen LogP contribution is -2.40. The molecule has 0 fully saturated rings. The molecule has 0 spiro atoms. The summed E-state index contributed by atoms with van der Waals surface area (Å²) >= 11 is 0. The standard InChI is InChI=1S/C30H30FN3O/c1-21(2)29-32-27-16-17-33(19-22-10-9-15-25(31)18-22)20-26(27)30(35)34(29)28(23-11-5-3-6-12-23)24-13-7-4-8-14-24/h3-15,18,21,28H,16-17,19-20H2,1-2H3. The first-order valence-corrected chi connectivity index (χ1v) is 12.2. The van der Waals surface area contributed by atoms with E-state index < -0.39 is 0 Å². The molecule has 0 amide bonds. The van der Waals surface area contributed by atoms with Gasteiger partial charge in [-0.1, -0.05) is 86.6 Å². The Morgan fingerprint density at radius 3 is 2.17 bits per heavy atom. The number of aromatic nitrogens is 2. The molecule has 3 aromatic carbocycles. The largest absolute Gasteiger partial charge is 0.294 e. The summed E-state index contributed by atoms with van der Waals surface area (Å²) in [6.45, 7) is 6.08. The quantitative estimate of drug-likeness (QED) is 0.365. The number of hydrogen-bond acceptors (Lipinski definition) is 3. The molecule has 0 aliphatic carbocycles. The van der Waals surface area contributed by atoms with E-state index in [2.05, 4.69) is 43.0 Å². The zero-order valence-electron chi connectivity index (χ0n) is 20.2. The summed E-state index contributed by atoms with van der Waals surface area (Å²) in [6.07, 6.45) is 0.710. The Kier molecular flexibility index (Phi) is 6.60. The smallest absolute Gasteiger partial charge is 0.259 e. The van der Waals surface area contributed by atoms with Crippen molar-refractivity contribution in [3.05, 3.63) is 135 Å². The van der Waals surface area contributed by atoms with Crippen LogP contribution in [0, 0.1) is 5.82 Å². The minimum atomic E-state index is -0.265. The highest BCUT2D eigenvalue weighted by atomic mass is 19.1. The van der Waals surface area contributed by atoms with Crippen LogP contribution in [0.15, 0.2) is 89.7 Å². The summed E-state index contributed by atoms with van der Waals surface area (Å²) in [6, 6.07) is 26.7. The van der Waals surface area contributed by atoms with Gasteiger partial charge in [0.05, 0.1) is 17.3 Å². The van der Waals surface area contributed by atoms with Crippen molar-refractivity contribution >= 4 is 0 Å². The molecular formula is C30H30FN3O. The van der Waals surface area contributed by atoms with Crippen LogP contribution < -0.4 is 5.56 Å². The Balaban J connectivity index is 1.62. The molecule has 1 aromatic heterocycles. The van der Waals surface area contributed by atoms with Crippen LogP contribution in [0.2, 0.25) is 0 Å². The molecule has 35 heavy (non-hydrogen) atoms. The van der Waals surface area contributed by atoms with E-state index in [1.807, 2.05) is 47.0 Å². The molecule has 0 atom stereocenters. The van der Waals surface area contributed by atoms with Crippen LogP contribution >= 0.6 is 0 Å². The second kappa shape index (κ2) is 9.96. The number of benzene rings is 3. The summed E-state index contributed by atoms with van der Waals surface area (Å²) in [5.74, 6) is 0.664. The van der Waals surface area contributed by atoms with Crippen molar-refractivity contribution in [2.75, 3.05) is 6.54 Å². The first-order chi connectivity index (χ1) is 17.0. The van der Waals surface area contributed by atoms with Gasteiger partial charge < -0.3 is 0 Å². The Morgan fingerprint density at radius 1 is 0.914 bits per heavy atom. The molecule has 1 aliphatic heterocycles. The molecule has 4 aromatic rings. The molecular weight excluding hydrogens is 437 g/mol. The van der Waals surface area contributed by atoms with Crippen LogP contribution in [0.3, 0.4) is 0 Å². The van der Waals surface area contributed by atoms with Gasteiger partial charge in [-0.15, -0.1) is 0 Å². The lowest BCUT2D eigenvalue weighted by Gasteiger charge is -2.31. The minimum Gasteiger partial charge on any atom is -0.294 e. The van der Waals surface area contributed by atoms with E-state index in [0.29, 0.717) is 19.5 Å². The fourth-order valence-corrected chi connectivity index (χ4v) is 5.01. The fraction of sp³-hybridized carbons (Fsp3) is 0.267. The van der Waals surface area contributed by atoms with Gasteiger partial charge in [0.2, 0.25) is 0 Å². The Morgan fingerprint density at radius 2 is 1.57 bits per heavy atom. The Labute approximate surface area is 205 Å². The zero-order valence-corrected chi connectivity index (χ0v) is 20.2. The molecule has 5 rings (SSSR count). The van der Waals surface area contributed by atoms with Gasteiger partial charge in [-0.05, 0) is 28.8 Å². The molecule has 0 saturated carbocycles. The van der Waals surface area contributed by atoms with Crippen molar-refractivity contribution < 1.29 is 4.39 Å². The third-order valence-corrected chi connectivity index (χ3v) is 6.67. The third kappa shape index (κ3) is 4.82. The van der Waals surface area contributed by atoms with Crippen LogP contribution in [-0.2, 0) is 19.5 Å². The van der Waals surface area contributed by atoms with Crippen LogP contribution in [0.25, 0.3) is 0 Å². The molecule has 5 heteroatoms. The fourth-order valence-electron chi connectivity index (χ4n) is 5.01. The molecule has 2 heterocycles. The van der Waals surface area contributed by atoms with E-state index >= 15 is 0 Å². The summed E-state index contributed by atoms with van der Waals surface area (Å²) in [5, 5.41) is 0. The second-order valence-corrected chi connectivity index (χ2v) is 9.54. The van der Waals surface area contributed by atoms with Crippen molar-refractivity contribution in [2.24, 2.45) is 0 Å². The van der Waals surface area contributed by atoms with Crippen molar-refractivity contribution in [2.45, 2.75) is 45.3 Å². The molecule has 178 valence electrons. The zero-order chi connectivity index (χ0) is 24.4. The van der Waals surface area contributed by atoms with Gasteiger partial charge in [0.25, 0.3) is 5.56 Å². The van der Waals surface area contributed by atoms with Gasteiger partial charge in [-0.25, -0.2) is 9.37 Å². The first-order valence-electron chi connectivity index (χ1n) is 12.2. The SMILES string of the molecule is CC(C)c1nc2c(c(=O)n1C(c1ccccc1)c1ccccc1)CN(Cc1cccc(F)c1)CC2. The van der Waals surface area contributed by atoms with Crippen molar-refractivity contribution in [1.29, 1.82) is 0 Å². The minimum absolute atomic E-state index is 0.0142. The van der Waals surface area contributed by atoms with Gasteiger partial charge >= 0.3 is 0 Å². The van der Waals surface area contributed by atoms with E-state index in [1.54, 1.807) is 12.1 Å². The van der Waals surface area contributed by atoms with Gasteiger partial charge in [0.15, 0.2) is 0 Å². The van der Waals surface area contributed by atoms with Crippen LogP contribution in [0.5, 0.6) is 0 Å². The number of rotatable bonds is 6. The highest BCUT2D eigenvalue weighted by molar-refractivity contribution is 5.35. The lowest BCUT2D eigenvalue weighted by atomic mass is 9.96. The van der Waals surface area contributed by atoms with Gasteiger partial charge in [0, 0.05) is 32.0 Å². The number of nitrogens with zero attached hydrogens (tertiary/aromatic N) is 3. The summed E-state index contributed by atoms with van der Waals surface area (Å²) < 4.78 is 15.6. The average molecular weight is 468 g/mol. The van der Waals surface area contributed by atoms with E-state index in [9.17, 15) is 9.18 Å². The molecule has 0 radical (unpaired) electrons. The van der Waals surface area contributed by atoms with Crippen LogP contribution in [0.1, 0.15) is 59.6 Å². The summed E-state index contributed by atoms with van der Waals surface area (Å²) in [4.78, 5) is 21.5. The van der Waals surface area contributed by atoms with Gasteiger partial charge in [0.1, 0.15) is 11.6 Å². The van der Waals surface area contributed by atoms with Crippen molar-refractivity contribution in [3.63, 3.8) is 0 Å². The number of fused-ring (bicyclic) bond motifs is 1. The molecule has 0 unspecified atom stereocenters. The van der Waals surface area contributed by atoms with E-state index in [1.165, 1.54) is 6.07 Å². The molecule has 0 saturated heterocycles. The predicted molar refractivity (Wildman–Crippen MR) is 137 cm³/mol. The van der Waals surface area contributed by atoms with Crippen molar-refractivity contribution in [1.82, 2.24) is 14.5 Å². The second-order valence-electron chi connectivity index (χ2n) is 9.54.